The summed E-state index contributed by atoms with van der Waals surface area (Å²) < 4.78 is 3.01. The smallest absolute Gasteiger partial charge is 0.212 e. The summed E-state index contributed by atoms with van der Waals surface area (Å²) in [5.74, 6) is 0. The van der Waals surface area contributed by atoms with Crippen molar-refractivity contribution in [2.24, 2.45) is 7.05 Å². The molecule has 0 saturated heterocycles. The summed E-state index contributed by atoms with van der Waals surface area (Å²) in [6.45, 7) is 14.0. The van der Waals surface area contributed by atoms with E-state index < -0.39 is 0 Å². The molecule has 0 bridgehead atoms. The van der Waals surface area contributed by atoms with Gasteiger partial charge < -0.3 is 0 Å². The Balaban J connectivity index is 1.48. The number of nitrogens with zero attached hydrogens (tertiary/aromatic N) is 2. The Bertz CT molecular complexity index is 2100. The van der Waals surface area contributed by atoms with E-state index in [1.54, 1.807) is 0 Å². The van der Waals surface area contributed by atoms with Gasteiger partial charge in [-0.05, 0) is 91.9 Å². The lowest BCUT2D eigenvalue weighted by Gasteiger charge is -2.39. The molecule has 0 saturated carbocycles. The molecule has 4 aromatic carbocycles. The molecular formula is C44H48N2+2. The topological polar surface area (TPSA) is 3.88 Å². The molecule has 2 heterocycles. The van der Waals surface area contributed by atoms with Crippen LogP contribution in [-0.2, 0) is 24.3 Å². The van der Waals surface area contributed by atoms with Crippen LogP contribution in [0.4, 0.5) is 0 Å². The number of pyridine rings is 1. The molecule has 1 aliphatic carbocycles. The van der Waals surface area contributed by atoms with Gasteiger partial charge >= 0.3 is 0 Å². The zero-order valence-electron chi connectivity index (χ0n) is 29.1. The molecule has 46 heavy (non-hydrogen) atoms. The average molecular weight is 605 g/mol. The Labute approximate surface area is 275 Å². The lowest BCUT2D eigenvalue weighted by atomic mass is 9.79. The Kier molecular flexibility index (Phi) is 7.03. The molecule has 0 unspecified atom stereocenters. The highest BCUT2D eigenvalue weighted by Crippen LogP contribution is 2.53. The van der Waals surface area contributed by atoms with Crippen molar-refractivity contribution in [2.45, 2.75) is 65.2 Å². The minimum Gasteiger partial charge on any atom is -0.267 e. The van der Waals surface area contributed by atoms with Crippen molar-refractivity contribution in [3.63, 3.8) is 0 Å². The first-order valence-electron chi connectivity index (χ1n) is 16.9. The van der Waals surface area contributed by atoms with Crippen molar-refractivity contribution in [2.75, 3.05) is 14.1 Å². The van der Waals surface area contributed by atoms with Gasteiger partial charge in [-0.25, -0.2) is 4.57 Å². The van der Waals surface area contributed by atoms with Gasteiger partial charge in [0.15, 0.2) is 6.20 Å². The number of rotatable bonds is 3. The first-order chi connectivity index (χ1) is 21.8. The molecule has 0 N–H and O–H groups in total. The third kappa shape index (κ3) is 4.69. The van der Waals surface area contributed by atoms with E-state index in [-0.39, 0.29) is 10.8 Å². The summed E-state index contributed by atoms with van der Waals surface area (Å²) in [6, 6.07) is 32.2. The molecule has 2 heteroatoms. The monoisotopic (exact) mass is 604 g/mol. The molecule has 0 radical (unpaired) electrons. The van der Waals surface area contributed by atoms with Gasteiger partial charge in [-0.15, -0.1) is 0 Å². The summed E-state index contributed by atoms with van der Waals surface area (Å²) in [4.78, 5) is 0. The van der Waals surface area contributed by atoms with Crippen LogP contribution < -0.4 is 4.57 Å². The van der Waals surface area contributed by atoms with Crippen molar-refractivity contribution in [1.29, 1.82) is 0 Å². The van der Waals surface area contributed by atoms with E-state index >= 15 is 0 Å². The lowest BCUT2D eigenvalue weighted by Crippen LogP contribution is -2.41. The van der Waals surface area contributed by atoms with Crippen molar-refractivity contribution in [3.05, 3.63) is 136 Å². The highest BCUT2D eigenvalue weighted by Gasteiger charge is 2.40. The predicted molar refractivity (Wildman–Crippen MR) is 195 cm³/mol. The lowest BCUT2D eigenvalue weighted by molar-refractivity contribution is -0.779. The number of aromatic nitrogens is 1. The van der Waals surface area contributed by atoms with Crippen molar-refractivity contribution >= 4 is 22.5 Å². The number of benzene rings is 4. The van der Waals surface area contributed by atoms with Gasteiger partial charge in [-0.2, -0.15) is 0 Å². The van der Waals surface area contributed by atoms with Crippen LogP contribution in [0.5, 0.6) is 0 Å². The second-order valence-corrected chi connectivity index (χ2v) is 15.4. The van der Waals surface area contributed by atoms with Gasteiger partial charge in [0.25, 0.3) is 0 Å². The molecule has 2 aliphatic rings. The minimum absolute atomic E-state index is 0.111. The van der Waals surface area contributed by atoms with Gasteiger partial charge in [0.2, 0.25) is 5.69 Å². The minimum atomic E-state index is -0.115. The summed E-state index contributed by atoms with van der Waals surface area (Å²) >= 11 is 0. The Morgan fingerprint density at radius 1 is 0.826 bits per heavy atom. The fourth-order valence-electron chi connectivity index (χ4n) is 8.01. The van der Waals surface area contributed by atoms with Crippen LogP contribution in [0.15, 0.2) is 103 Å². The van der Waals surface area contributed by atoms with Crippen LogP contribution >= 0.6 is 0 Å². The zero-order valence-corrected chi connectivity index (χ0v) is 29.1. The summed E-state index contributed by atoms with van der Waals surface area (Å²) in [5, 5.41) is 2.67. The molecular weight excluding hydrogens is 556 g/mol. The highest BCUT2D eigenvalue weighted by atomic mass is 15.3. The van der Waals surface area contributed by atoms with E-state index in [4.69, 9.17) is 0 Å². The number of fused-ring (bicyclic) bond motifs is 6. The fourth-order valence-corrected chi connectivity index (χ4v) is 8.01. The molecule has 1 aromatic heterocycles. The Morgan fingerprint density at radius 2 is 1.59 bits per heavy atom. The van der Waals surface area contributed by atoms with Gasteiger partial charge in [0.1, 0.15) is 18.4 Å². The van der Waals surface area contributed by atoms with Gasteiger partial charge in [-0.1, -0.05) is 90.1 Å². The van der Waals surface area contributed by atoms with Crippen LogP contribution in [0.25, 0.3) is 44.9 Å². The molecule has 2 nitrogen and oxygen atoms in total. The van der Waals surface area contributed by atoms with E-state index in [1.165, 1.54) is 77.9 Å². The molecule has 232 valence electrons. The fraction of sp³-hybridized carbons (Fsp3) is 0.295. The standard InChI is InChI=1S/C44H48N2/c1-10-15-41-37-27-32(43(2,3)4)21-19-30(37)24-33(46(41,8)9)25-31-26-39-38(28-36(31)40-18-13-14-23-45(40)7)35-22-20-29-16-11-12-17-34(29)42(35)44(39,5)6/h11-23,25-28H,10,24H2,1-9H3/q+2/b33-25-,41-15-. The van der Waals surface area contributed by atoms with E-state index in [9.17, 15) is 0 Å². The molecule has 0 spiro atoms. The second kappa shape index (κ2) is 10.6. The quantitative estimate of drug-likeness (QED) is 0.142. The molecule has 0 fully saturated rings. The normalized spacial score (nSPS) is 18.1. The number of aryl methyl sites for hydroxylation is 1. The Morgan fingerprint density at radius 3 is 2.33 bits per heavy atom. The van der Waals surface area contributed by atoms with E-state index in [2.05, 4.69) is 171 Å². The molecule has 1 aliphatic heterocycles. The van der Waals surface area contributed by atoms with Crippen LogP contribution in [0, 0.1) is 0 Å². The maximum Gasteiger partial charge on any atom is 0.212 e. The van der Waals surface area contributed by atoms with Crippen molar-refractivity contribution in [1.82, 2.24) is 0 Å². The van der Waals surface area contributed by atoms with Gasteiger partial charge in [0, 0.05) is 35.6 Å². The van der Waals surface area contributed by atoms with E-state index in [1.807, 2.05) is 0 Å². The first-order valence-corrected chi connectivity index (χ1v) is 16.9. The van der Waals surface area contributed by atoms with Gasteiger partial charge in [-0.3, -0.25) is 4.48 Å². The van der Waals surface area contributed by atoms with Gasteiger partial charge in [0.05, 0.1) is 19.7 Å². The number of quaternary nitrogens is 1. The molecule has 5 aromatic rings. The molecule has 0 atom stereocenters. The zero-order chi connectivity index (χ0) is 32.6. The predicted octanol–water partition coefficient (Wildman–Crippen LogP) is 10.4. The first kappa shape index (κ1) is 30.4. The van der Waals surface area contributed by atoms with Crippen molar-refractivity contribution < 1.29 is 9.05 Å². The average Bonchev–Trinajstić information content (AvgIpc) is 3.24. The summed E-state index contributed by atoms with van der Waals surface area (Å²) in [5.41, 5.74) is 16.4. The van der Waals surface area contributed by atoms with Crippen LogP contribution in [-0.4, -0.2) is 18.6 Å². The summed E-state index contributed by atoms with van der Waals surface area (Å²) in [6.07, 6.45) is 9.07. The summed E-state index contributed by atoms with van der Waals surface area (Å²) in [7, 11) is 6.92. The Hall–Kier alpha value is -4.27. The van der Waals surface area contributed by atoms with E-state index in [0.717, 1.165) is 17.3 Å². The number of hydrogen-bond acceptors (Lipinski definition) is 0. The molecule has 0 amide bonds. The maximum absolute atomic E-state index is 2.52. The number of allylic oxidation sites excluding steroid dienone is 2. The highest BCUT2D eigenvalue weighted by molar-refractivity contribution is 5.98. The number of likely N-dealkylation sites (N-methyl/N-ethyl adjacent to an activating group) is 1. The molecule has 7 rings (SSSR count). The largest absolute Gasteiger partial charge is 0.267 e. The third-order valence-corrected chi connectivity index (χ3v) is 10.7. The maximum atomic E-state index is 2.52. The number of hydrogen-bond donors (Lipinski definition) is 0. The van der Waals surface area contributed by atoms with E-state index in [0.29, 0.717) is 0 Å². The van der Waals surface area contributed by atoms with Crippen LogP contribution in [0.3, 0.4) is 0 Å². The van der Waals surface area contributed by atoms with Crippen LogP contribution in [0.2, 0.25) is 0 Å². The van der Waals surface area contributed by atoms with Crippen molar-refractivity contribution in [3.8, 4) is 22.4 Å². The SMILES string of the molecule is CC/C=C1/c2cc(C(C)(C)C)ccc2C/C(=C/c2cc3c(cc2-c2cccc[n+]2C)-c2ccc4ccccc4c2C3(C)C)[N+]1(C)C. The second-order valence-electron chi connectivity index (χ2n) is 15.4. The van der Waals surface area contributed by atoms with Crippen LogP contribution in [0.1, 0.15) is 81.3 Å². The third-order valence-electron chi connectivity index (χ3n) is 10.7.